The molecule has 0 amide bonds. The van der Waals surface area contributed by atoms with Gasteiger partial charge >= 0.3 is 5.97 Å². The summed E-state index contributed by atoms with van der Waals surface area (Å²) < 4.78 is 18.9. The van der Waals surface area contributed by atoms with Crippen molar-refractivity contribution in [3.05, 3.63) is 35.4 Å². The Balaban J connectivity index is 1.37. The molecule has 7 heteroatoms. The molecule has 0 aromatic heterocycles. The Bertz CT molecular complexity index is 810. The molecule has 30 heavy (non-hydrogen) atoms. The Morgan fingerprint density at radius 1 is 1.13 bits per heavy atom. The van der Waals surface area contributed by atoms with Crippen molar-refractivity contribution < 1.29 is 33.9 Å². The van der Waals surface area contributed by atoms with Gasteiger partial charge in [0.1, 0.15) is 0 Å². The van der Waals surface area contributed by atoms with Crippen LogP contribution in [-0.2, 0) is 30.6 Å². The molecule has 2 bridgehead atoms. The summed E-state index contributed by atoms with van der Waals surface area (Å²) in [5.74, 6) is -0.539. The van der Waals surface area contributed by atoms with Crippen LogP contribution < -0.4 is 0 Å². The Labute approximate surface area is 176 Å². The van der Waals surface area contributed by atoms with Crippen molar-refractivity contribution in [2.45, 2.75) is 77.0 Å². The summed E-state index contributed by atoms with van der Waals surface area (Å²) in [7, 11) is 0. The highest BCUT2D eigenvalue weighted by atomic mass is 17.3. The first-order chi connectivity index (χ1) is 14.3. The van der Waals surface area contributed by atoms with E-state index in [-0.39, 0.29) is 17.4 Å². The van der Waals surface area contributed by atoms with Crippen molar-refractivity contribution in [3.63, 3.8) is 0 Å². The maximum absolute atomic E-state index is 11.0. The Morgan fingerprint density at radius 2 is 1.90 bits per heavy atom. The summed E-state index contributed by atoms with van der Waals surface area (Å²) in [5.41, 5.74) is 0.579. The van der Waals surface area contributed by atoms with E-state index in [1.165, 1.54) is 0 Å². The number of ether oxygens (including phenoxy) is 3. The van der Waals surface area contributed by atoms with Crippen molar-refractivity contribution in [1.82, 2.24) is 0 Å². The van der Waals surface area contributed by atoms with E-state index in [1.54, 1.807) is 24.3 Å². The summed E-state index contributed by atoms with van der Waals surface area (Å²) in [6, 6.07) is 6.74. The molecule has 164 valence electrons. The van der Waals surface area contributed by atoms with Gasteiger partial charge in [-0.25, -0.2) is 14.6 Å². The highest BCUT2D eigenvalue weighted by Crippen LogP contribution is 2.60. The van der Waals surface area contributed by atoms with Crippen LogP contribution in [0.3, 0.4) is 0 Å². The van der Waals surface area contributed by atoms with Gasteiger partial charge in [0.2, 0.25) is 5.79 Å². The highest BCUT2D eigenvalue weighted by Gasteiger charge is 2.69. The predicted molar refractivity (Wildman–Crippen MR) is 105 cm³/mol. The molecule has 1 saturated carbocycles. The lowest BCUT2D eigenvalue weighted by Gasteiger charge is -2.60. The van der Waals surface area contributed by atoms with E-state index in [0.717, 1.165) is 31.2 Å². The molecule has 5 fully saturated rings. The third-order valence-corrected chi connectivity index (χ3v) is 7.71. The summed E-state index contributed by atoms with van der Waals surface area (Å²) in [6.07, 6.45) is 3.01. The number of carboxylic acid groups (broad SMARTS) is 1. The van der Waals surface area contributed by atoms with Gasteiger partial charge in [-0.2, -0.15) is 0 Å². The summed E-state index contributed by atoms with van der Waals surface area (Å²) in [6.45, 7) is 6.71. The van der Waals surface area contributed by atoms with Crippen LogP contribution in [0.15, 0.2) is 24.3 Å². The first kappa shape index (κ1) is 20.4. The van der Waals surface area contributed by atoms with Crippen LogP contribution in [0.4, 0.5) is 0 Å². The van der Waals surface area contributed by atoms with E-state index >= 15 is 0 Å². The highest BCUT2D eigenvalue weighted by molar-refractivity contribution is 5.87. The van der Waals surface area contributed by atoms with E-state index in [2.05, 4.69) is 13.8 Å². The molecule has 8 atom stereocenters. The molecular weight excluding hydrogens is 388 g/mol. The number of hydrogen-bond acceptors (Lipinski definition) is 6. The molecule has 2 unspecified atom stereocenters. The van der Waals surface area contributed by atoms with Crippen LogP contribution in [0.2, 0.25) is 0 Å². The van der Waals surface area contributed by atoms with E-state index in [9.17, 15) is 4.79 Å². The Hall–Kier alpha value is -1.51. The fourth-order valence-corrected chi connectivity index (χ4v) is 5.98. The molecule has 1 aromatic rings. The Morgan fingerprint density at radius 3 is 2.63 bits per heavy atom. The average molecular weight is 418 g/mol. The van der Waals surface area contributed by atoms with Gasteiger partial charge < -0.3 is 19.3 Å². The van der Waals surface area contributed by atoms with Gasteiger partial charge in [0.25, 0.3) is 0 Å². The Kier molecular flexibility index (Phi) is 4.95. The van der Waals surface area contributed by atoms with Crippen LogP contribution in [-0.4, -0.2) is 35.0 Å². The summed E-state index contributed by atoms with van der Waals surface area (Å²) >= 11 is 0. The second-order valence-electron chi connectivity index (χ2n) is 9.59. The van der Waals surface area contributed by atoms with E-state index in [0.29, 0.717) is 18.4 Å². The number of benzene rings is 1. The summed E-state index contributed by atoms with van der Waals surface area (Å²) in [4.78, 5) is 23.0. The van der Waals surface area contributed by atoms with Crippen LogP contribution in [0, 0.1) is 23.7 Å². The molecule has 5 aliphatic rings. The lowest BCUT2D eigenvalue weighted by molar-refractivity contribution is -0.577. The monoisotopic (exact) mass is 418 g/mol. The SMILES string of the molecule is C[C@@H]1CCC2[C@@H](C)[C@@H](OCc3ccc(C(=O)O)cc3)O[C@@H]3O[C@]4(C)CC[C@@H]1C23OO4. The number of aromatic carboxylic acids is 1. The van der Waals surface area contributed by atoms with Crippen molar-refractivity contribution in [2.75, 3.05) is 0 Å². The smallest absolute Gasteiger partial charge is 0.335 e. The lowest BCUT2D eigenvalue weighted by Crippen LogP contribution is -2.70. The minimum atomic E-state index is -0.936. The lowest BCUT2D eigenvalue weighted by atomic mass is 9.58. The molecular formula is C23H30O7. The van der Waals surface area contributed by atoms with Gasteiger partial charge in [0.15, 0.2) is 18.2 Å². The number of fused-ring (bicyclic) bond motifs is 2. The van der Waals surface area contributed by atoms with Crippen molar-refractivity contribution in [3.8, 4) is 0 Å². The normalized spacial score (nSPS) is 44.9. The quantitative estimate of drug-likeness (QED) is 0.737. The fourth-order valence-electron chi connectivity index (χ4n) is 5.98. The minimum absolute atomic E-state index is 0.115. The van der Waals surface area contributed by atoms with Crippen molar-refractivity contribution in [1.29, 1.82) is 0 Å². The maximum Gasteiger partial charge on any atom is 0.335 e. The molecule has 1 N–H and O–H groups in total. The number of hydrogen-bond donors (Lipinski definition) is 1. The first-order valence-corrected chi connectivity index (χ1v) is 11.0. The zero-order chi connectivity index (χ0) is 21.1. The second kappa shape index (κ2) is 7.28. The van der Waals surface area contributed by atoms with Crippen LogP contribution in [0.25, 0.3) is 0 Å². The van der Waals surface area contributed by atoms with E-state index < -0.39 is 29.9 Å². The third-order valence-electron chi connectivity index (χ3n) is 7.71. The third kappa shape index (κ3) is 3.10. The van der Waals surface area contributed by atoms with Gasteiger partial charge in [-0.1, -0.05) is 26.0 Å². The van der Waals surface area contributed by atoms with Gasteiger partial charge in [0.05, 0.1) is 12.2 Å². The minimum Gasteiger partial charge on any atom is -0.478 e. The van der Waals surface area contributed by atoms with Gasteiger partial charge in [0, 0.05) is 18.3 Å². The first-order valence-electron chi connectivity index (χ1n) is 11.0. The van der Waals surface area contributed by atoms with E-state index in [4.69, 9.17) is 29.1 Å². The summed E-state index contributed by atoms with van der Waals surface area (Å²) in [5, 5.41) is 9.06. The number of rotatable bonds is 4. The molecule has 1 aliphatic carbocycles. The molecule has 4 heterocycles. The van der Waals surface area contributed by atoms with Crippen molar-refractivity contribution >= 4 is 5.97 Å². The molecule has 4 saturated heterocycles. The molecule has 1 spiro atoms. The van der Waals surface area contributed by atoms with E-state index in [1.807, 2.05) is 6.92 Å². The molecule has 7 nitrogen and oxygen atoms in total. The number of carbonyl (C=O) groups is 1. The topological polar surface area (TPSA) is 83.5 Å². The predicted octanol–water partition coefficient (Wildman–Crippen LogP) is 4.11. The number of carboxylic acids is 1. The van der Waals surface area contributed by atoms with Crippen LogP contribution in [0.1, 0.15) is 62.4 Å². The maximum atomic E-state index is 11.0. The average Bonchev–Trinajstić information content (AvgIpc) is 2.96. The van der Waals surface area contributed by atoms with Gasteiger partial charge in [-0.3, -0.25) is 0 Å². The van der Waals surface area contributed by atoms with Gasteiger partial charge in [-0.05, 0) is 55.7 Å². The molecule has 6 rings (SSSR count). The standard InChI is InChI=1S/C23H30O7/c1-13-4-9-18-14(2)20(26-12-15-5-7-16(8-6-15)19(24)25)27-21-23(18)17(13)10-11-22(3,28-21)29-30-23/h5-8,13-14,17-18,20-21H,4,9-12H2,1-3H3,(H,24,25)/t13-,14-,17+,18?,20+,21-,22+,23?/m1/s1. The largest absolute Gasteiger partial charge is 0.478 e. The zero-order valence-electron chi connectivity index (χ0n) is 17.7. The van der Waals surface area contributed by atoms with Gasteiger partial charge in [-0.15, -0.1) is 0 Å². The molecule has 1 aromatic carbocycles. The molecule has 0 radical (unpaired) electrons. The fraction of sp³-hybridized carbons (Fsp3) is 0.696. The van der Waals surface area contributed by atoms with Crippen LogP contribution in [0.5, 0.6) is 0 Å². The second-order valence-corrected chi connectivity index (χ2v) is 9.59. The van der Waals surface area contributed by atoms with Crippen LogP contribution >= 0.6 is 0 Å². The zero-order valence-corrected chi connectivity index (χ0v) is 17.7. The van der Waals surface area contributed by atoms with Crippen molar-refractivity contribution in [2.24, 2.45) is 23.7 Å². The molecule has 4 aliphatic heterocycles.